The molecule has 1 saturated carbocycles. The molecule has 5 nitrogen and oxygen atoms in total. The van der Waals surface area contributed by atoms with Gasteiger partial charge in [0.1, 0.15) is 0 Å². The van der Waals surface area contributed by atoms with Gasteiger partial charge in [0.05, 0.1) is 0 Å². The van der Waals surface area contributed by atoms with Crippen LogP contribution in [0.15, 0.2) is 18.2 Å². The number of hydrogen-bond donors (Lipinski definition) is 1. The molecule has 0 spiro atoms. The van der Waals surface area contributed by atoms with Crippen LogP contribution in [0.2, 0.25) is 0 Å². The number of ether oxygens (including phenoxy) is 2. The third-order valence-corrected chi connectivity index (χ3v) is 5.45. The van der Waals surface area contributed by atoms with Crippen molar-refractivity contribution in [2.45, 2.75) is 38.5 Å². The van der Waals surface area contributed by atoms with Gasteiger partial charge in [-0.2, -0.15) is 0 Å². The lowest BCUT2D eigenvalue weighted by molar-refractivity contribution is -0.121. The average Bonchev–Trinajstić information content (AvgIpc) is 2.99. The fourth-order valence-electron chi connectivity index (χ4n) is 3.71. The number of amides is 1. The Bertz CT molecular complexity index is 607. The van der Waals surface area contributed by atoms with Crippen LogP contribution in [0.25, 0.3) is 0 Å². The number of likely N-dealkylation sites (tertiary alicyclic amines) is 1. The Morgan fingerprint density at radius 1 is 1.17 bits per heavy atom. The summed E-state index contributed by atoms with van der Waals surface area (Å²) in [6, 6.07) is 5.91. The first kappa shape index (κ1) is 15.8. The topological polar surface area (TPSA) is 50.8 Å². The van der Waals surface area contributed by atoms with Gasteiger partial charge in [-0.05, 0) is 62.9 Å². The van der Waals surface area contributed by atoms with Gasteiger partial charge < -0.3 is 19.7 Å². The quantitative estimate of drug-likeness (QED) is 0.834. The number of aryl methyl sites for hydroxylation is 1. The van der Waals surface area contributed by atoms with Crippen molar-refractivity contribution in [2.24, 2.45) is 5.41 Å². The predicted octanol–water partition coefficient (Wildman–Crippen LogP) is 2.34. The van der Waals surface area contributed by atoms with E-state index in [0.717, 1.165) is 36.6 Å². The Morgan fingerprint density at radius 2 is 1.96 bits per heavy atom. The van der Waals surface area contributed by atoms with E-state index in [9.17, 15) is 4.79 Å². The van der Waals surface area contributed by atoms with Gasteiger partial charge in [-0.25, -0.2) is 0 Å². The number of carbonyl (C=O) groups excluding carboxylic acids is 1. The number of benzene rings is 1. The number of nitrogens with one attached hydrogen (secondary N) is 1. The first-order chi connectivity index (χ1) is 11.7. The van der Waals surface area contributed by atoms with Gasteiger partial charge in [0.15, 0.2) is 11.5 Å². The largest absolute Gasteiger partial charge is 0.454 e. The Kier molecular flexibility index (Phi) is 4.35. The van der Waals surface area contributed by atoms with E-state index >= 15 is 0 Å². The maximum absolute atomic E-state index is 12.2. The number of hydrogen-bond acceptors (Lipinski definition) is 4. The molecule has 0 atom stereocenters. The summed E-state index contributed by atoms with van der Waals surface area (Å²) in [5.74, 6) is 1.73. The molecule has 0 unspecified atom stereocenters. The van der Waals surface area contributed by atoms with Crippen LogP contribution in [0.3, 0.4) is 0 Å². The second-order valence-electron chi connectivity index (χ2n) is 7.45. The van der Waals surface area contributed by atoms with E-state index in [1.807, 2.05) is 18.2 Å². The molecular weight excluding hydrogens is 304 g/mol. The zero-order valence-electron chi connectivity index (χ0n) is 14.2. The Hall–Kier alpha value is -1.75. The molecule has 0 aromatic heterocycles. The van der Waals surface area contributed by atoms with Gasteiger partial charge in [-0.15, -0.1) is 0 Å². The molecule has 1 saturated heterocycles. The van der Waals surface area contributed by atoms with Gasteiger partial charge in [0.25, 0.3) is 0 Å². The average molecular weight is 330 g/mol. The molecule has 1 aromatic carbocycles. The lowest BCUT2D eigenvalue weighted by atomic mass is 10.1. The summed E-state index contributed by atoms with van der Waals surface area (Å²) in [5.41, 5.74) is 1.48. The van der Waals surface area contributed by atoms with E-state index in [1.54, 1.807) is 0 Å². The van der Waals surface area contributed by atoms with Crippen molar-refractivity contribution >= 4 is 5.91 Å². The van der Waals surface area contributed by atoms with Crippen molar-refractivity contribution in [2.75, 3.05) is 33.0 Å². The van der Waals surface area contributed by atoms with Crippen molar-refractivity contribution < 1.29 is 14.3 Å². The van der Waals surface area contributed by atoms with Gasteiger partial charge in [-0.3, -0.25) is 4.79 Å². The van der Waals surface area contributed by atoms with Gasteiger partial charge in [0, 0.05) is 24.9 Å². The van der Waals surface area contributed by atoms with Crippen LogP contribution in [0.5, 0.6) is 11.5 Å². The van der Waals surface area contributed by atoms with E-state index in [2.05, 4.69) is 10.2 Å². The molecule has 2 fully saturated rings. The summed E-state index contributed by atoms with van der Waals surface area (Å²) in [6.45, 7) is 4.76. The van der Waals surface area contributed by atoms with Crippen molar-refractivity contribution in [3.63, 3.8) is 0 Å². The van der Waals surface area contributed by atoms with Crippen molar-refractivity contribution in [1.82, 2.24) is 10.2 Å². The lowest BCUT2D eigenvalue weighted by Gasteiger charge is -2.23. The van der Waals surface area contributed by atoms with Crippen LogP contribution in [0, 0.1) is 5.41 Å². The highest BCUT2D eigenvalue weighted by Gasteiger charge is 2.44. The second-order valence-corrected chi connectivity index (χ2v) is 7.45. The predicted molar refractivity (Wildman–Crippen MR) is 91.2 cm³/mol. The Balaban J connectivity index is 1.21. The molecule has 1 amide bonds. The summed E-state index contributed by atoms with van der Waals surface area (Å²) in [4.78, 5) is 14.7. The van der Waals surface area contributed by atoms with Crippen molar-refractivity contribution in [3.8, 4) is 11.5 Å². The normalized spacial score (nSPS) is 21.0. The van der Waals surface area contributed by atoms with Crippen molar-refractivity contribution in [1.29, 1.82) is 0 Å². The monoisotopic (exact) mass is 330 g/mol. The molecule has 2 heterocycles. The van der Waals surface area contributed by atoms with E-state index in [4.69, 9.17) is 9.47 Å². The first-order valence-electron chi connectivity index (χ1n) is 9.10. The second kappa shape index (κ2) is 6.63. The van der Waals surface area contributed by atoms with Crippen LogP contribution in [0.1, 0.15) is 37.7 Å². The standard InChI is InChI=1S/C19H26N2O3/c22-18(6-4-15-3-5-16-17(11-15)24-14-23-16)20-12-19(7-8-19)13-21-9-1-2-10-21/h3,5,11H,1-2,4,6-10,12-14H2,(H,20,22). The van der Waals surface area contributed by atoms with Crippen LogP contribution in [0.4, 0.5) is 0 Å². The van der Waals surface area contributed by atoms with Gasteiger partial charge >= 0.3 is 0 Å². The molecule has 1 aromatic rings. The van der Waals surface area contributed by atoms with E-state index in [-0.39, 0.29) is 5.91 Å². The highest BCUT2D eigenvalue weighted by Crippen LogP contribution is 2.46. The Labute approximate surface area is 143 Å². The summed E-state index contributed by atoms with van der Waals surface area (Å²) in [6.07, 6.45) is 6.44. The van der Waals surface area contributed by atoms with Crippen LogP contribution in [-0.2, 0) is 11.2 Å². The zero-order chi connectivity index (χ0) is 16.4. The first-order valence-corrected chi connectivity index (χ1v) is 9.10. The maximum Gasteiger partial charge on any atom is 0.231 e. The molecule has 1 aliphatic carbocycles. The molecule has 2 aliphatic heterocycles. The molecular formula is C19H26N2O3. The van der Waals surface area contributed by atoms with Crippen molar-refractivity contribution in [3.05, 3.63) is 23.8 Å². The van der Waals surface area contributed by atoms with Crippen LogP contribution < -0.4 is 14.8 Å². The summed E-state index contributed by atoms with van der Waals surface area (Å²) in [5, 5.41) is 3.16. The molecule has 0 bridgehead atoms. The molecule has 4 rings (SSSR count). The summed E-state index contributed by atoms with van der Waals surface area (Å²) < 4.78 is 10.7. The van der Waals surface area contributed by atoms with E-state index < -0.39 is 0 Å². The fourth-order valence-corrected chi connectivity index (χ4v) is 3.71. The molecule has 3 aliphatic rings. The molecule has 0 radical (unpaired) electrons. The zero-order valence-corrected chi connectivity index (χ0v) is 14.2. The molecule has 1 N–H and O–H groups in total. The number of nitrogens with zero attached hydrogens (tertiary/aromatic N) is 1. The number of rotatable bonds is 7. The third-order valence-electron chi connectivity index (χ3n) is 5.45. The minimum absolute atomic E-state index is 0.153. The molecule has 24 heavy (non-hydrogen) atoms. The maximum atomic E-state index is 12.2. The molecule has 130 valence electrons. The SMILES string of the molecule is O=C(CCc1ccc2c(c1)OCO2)NCC1(CN2CCCC2)CC1. The Morgan fingerprint density at radius 3 is 2.75 bits per heavy atom. The highest BCUT2D eigenvalue weighted by atomic mass is 16.7. The number of carbonyl (C=O) groups is 1. The van der Waals surface area contributed by atoms with Gasteiger partial charge in [-0.1, -0.05) is 6.07 Å². The summed E-state index contributed by atoms with van der Waals surface area (Å²) >= 11 is 0. The van der Waals surface area contributed by atoms with E-state index in [0.29, 0.717) is 18.6 Å². The third kappa shape index (κ3) is 3.66. The smallest absolute Gasteiger partial charge is 0.231 e. The van der Waals surface area contributed by atoms with Gasteiger partial charge in [0.2, 0.25) is 12.7 Å². The fraction of sp³-hybridized carbons (Fsp3) is 0.632. The molecule has 5 heteroatoms. The number of fused-ring (bicyclic) bond motifs is 1. The van der Waals surface area contributed by atoms with Crippen LogP contribution in [-0.4, -0.2) is 43.8 Å². The summed E-state index contributed by atoms with van der Waals surface area (Å²) in [7, 11) is 0. The minimum atomic E-state index is 0.153. The minimum Gasteiger partial charge on any atom is -0.454 e. The highest BCUT2D eigenvalue weighted by molar-refractivity contribution is 5.76. The van der Waals surface area contributed by atoms with E-state index in [1.165, 1.54) is 38.8 Å². The van der Waals surface area contributed by atoms with Crippen LogP contribution >= 0.6 is 0 Å². The lowest BCUT2D eigenvalue weighted by Crippen LogP contribution is -2.37.